The maximum atomic E-state index is 12.8. The van der Waals surface area contributed by atoms with Gasteiger partial charge in [-0.3, -0.25) is 4.79 Å². The molecule has 0 bridgehead atoms. The summed E-state index contributed by atoms with van der Waals surface area (Å²) < 4.78 is 11.1. The zero-order valence-corrected chi connectivity index (χ0v) is 29.8. The van der Waals surface area contributed by atoms with Gasteiger partial charge in [-0.2, -0.15) is 0 Å². The monoisotopic (exact) mass is 670 g/mol. The van der Waals surface area contributed by atoms with Crippen LogP contribution >= 0.6 is 0 Å². The third-order valence-corrected chi connectivity index (χ3v) is 9.02. The Morgan fingerprint density at radius 3 is 1.72 bits per heavy atom. The van der Waals surface area contributed by atoms with Crippen LogP contribution in [0.2, 0.25) is 0 Å². The molecule has 1 amide bonds. The van der Waals surface area contributed by atoms with Gasteiger partial charge in [0.05, 0.1) is 25.4 Å². The van der Waals surface area contributed by atoms with Gasteiger partial charge in [0.1, 0.15) is 24.4 Å². The normalized spacial score (nSPS) is 23.1. The predicted octanol–water partition coefficient (Wildman–Crippen LogP) is 6.38. The van der Waals surface area contributed by atoms with E-state index in [1.165, 1.54) is 77.0 Å². The van der Waals surface area contributed by atoms with E-state index in [2.05, 4.69) is 31.3 Å². The minimum atomic E-state index is -1.56. The average Bonchev–Trinajstić information content (AvgIpc) is 3.07. The summed E-state index contributed by atoms with van der Waals surface area (Å²) in [5, 5.41) is 53.8. The van der Waals surface area contributed by atoms with E-state index in [0.29, 0.717) is 6.42 Å². The van der Waals surface area contributed by atoms with Crippen molar-refractivity contribution >= 4 is 5.91 Å². The highest BCUT2D eigenvalue weighted by Crippen LogP contribution is 2.22. The van der Waals surface area contributed by atoms with Crippen molar-refractivity contribution < 1.29 is 39.8 Å². The summed E-state index contributed by atoms with van der Waals surface area (Å²) in [6.45, 7) is 3.70. The van der Waals surface area contributed by atoms with Crippen molar-refractivity contribution in [1.29, 1.82) is 0 Å². The first-order chi connectivity index (χ1) is 22.8. The topological polar surface area (TPSA) is 149 Å². The molecule has 0 aromatic carbocycles. The SMILES string of the molecule is CCCCCCC/C=C\CCCCCCCC(=O)NC(COC1OC(CO)C(O)C(O)C1O)C(O)/C=C/CCCCCCCCCC. The van der Waals surface area contributed by atoms with Crippen molar-refractivity contribution in [3.63, 3.8) is 0 Å². The Kier molecular flexibility index (Phi) is 27.5. The van der Waals surface area contributed by atoms with Gasteiger partial charge in [0.2, 0.25) is 5.91 Å². The molecule has 1 aliphatic rings. The molecule has 1 heterocycles. The molecule has 0 radical (unpaired) electrons. The lowest BCUT2D eigenvalue weighted by molar-refractivity contribution is -0.302. The lowest BCUT2D eigenvalue weighted by Gasteiger charge is -2.40. The Morgan fingerprint density at radius 1 is 0.702 bits per heavy atom. The Morgan fingerprint density at radius 2 is 1.19 bits per heavy atom. The molecule has 0 spiro atoms. The maximum absolute atomic E-state index is 12.8. The van der Waals surface area contributed by atoms with Crippen molar-refractivity contribution in [2.75, 3.05) is 13.2 Å². The van der Waals surface area contributed by atoms with E-state index in [1.807, 2.05) is 6.08 Å². The van der Waals surface area contributed by atoms with E-state index in [-0.39, 0.29) is 12.5 Å². The fraction of sp³-hybridized carbons (Fsp3) is 0.868. The first kappa shape index (κ1) is 43.7. The number of aliphatic hydroxyl groups is 5. The number of carbonyl (C=O) groups is 1. The molecule has 276 valence electrons. The number of allylic oxidation sites excluding steroid dienone is 3. The zero-order chi connectivity index (χ0) is 34.5. The molecule has 6 N–H and O–H groups in total. The summed E-state index contributed by atoms with van der Waals surface area (Å²) in [4.78, 5) is 12.8. The van der Waals surface area contributed by atoms with Crippen LogP contribution in [0.3, 0.4) is 0 Å². The molecule has 9 nitrogen and oxygen atoms in total. The number of carbonyl (C=O) groups excluding carboxylic acids is 1. The number of amides is 1. The predicted molar refractivity (Wildman–Crippen MR) is 189 cm³/mol. The third-order valence-electron chi connectivity index (χ3n) is 9.02. The highest BCUT2D eigenvalue weighted by Gasteiger charge is 2.44. The van der Waals surface area contributed by atoms with Gasteiger partial charge in [-0.25, -0.2) is 0 Å². The molecule has 1 saturated heterocycles. The van der Waals surface area contributed by atoms with E-state index in [1.54, 1.807) is 6.08 Å². The smallest absolute Gasteiger partial charge is 0.220 e. The number of hydrogen-bond acceptors (Lipinski definition) is 8. The van der Waals surface area contributed by atoms with Crippen molar-refractivity contribution in [2.45, 2.75) is 198 Å². The second-order valence-corrected chi connectivity index (χ2v) is 13.4. The van der Waals surface area contributed by atoms with Gasteiger partial charge in [-0.1, -0.05) is 128 Å². The van der Waals surface area contributed by atoms with E-state index in [4.69, 9.17) is 9.47 Å². The van der Waals surface area contributed by atoms with E-state index >= 15 is 0 Å². The fourth-order valence-electron chi connectivity index (χ4n) is 5.85. The number of aliphatic hydroxyl groups excluding tert-OH is 5. The minimum absolute atomic E-state index is 0.190. The molecule has 0 aliphatic carbocycles. The van der Waals surface area contributed by atoms with Gasteiger partial charge in [0.15, 0.2) is 6.29 Å². The maximum Gasteiger partial charge on any atom is 0.220 e. The number of hydrogen-bond donors (Lipinski definition) is 6. The Labute approximate surface area is 286 Å². The summed E-state index contributed by atoms with van der Waals surface area (Å²) in [5.41, 5.74) is 0. The van der Waals surface area contributed by atoms with Crippen LogP contribution in [0.1, 0.15) is 155 Å². The highest BCUT2D eigenvalue weighted by molar-refractivity contribution is 5.76. The second-order valence-electron chi connectivity index (χ2n) is 13.4. The highest BCUT2D eigenvalue weighted by atomic mass is 16.7. The second kappa shape index (κ2) is 29.6. The molecule has 1 fully saturated rings. The molecular formula is C38H71NO8. The molecule has 7 unspecified atom stereocenters. The minimum Gasteiger partial charge on any atom is -0.394 e. The fourth-order valence-corrected chi connectivity index (χ4v) is 5.85. The Hall–Kier alpha value is -1.33. The summed E-state index contributed by atoms with van der Waals surface area (Å²) >= 11 is 0. The van der Waals surface area contributed by atoms with E-state index in [0.717, 1.165) is 57.8 Å². The molecule has 1 rings (SSSR count). The van der Waals surface area contributed by atoms with Gasteiger partial charge in [0.25, 0.3) is 0 Å². The van der Waals surface area contributed by atoms with Crippen LogP contribution in [0.25, 0.3) is 0 Å². The van der Waals surface area contributed by atoms with Gasteiger partial charge >= 0.3 is 0 Å². The molecular weight excluding hydrogens is 598 g/mol. The van der Waals surface area contributed by atoms with Gasteiger partial charge in [-0.05, 0) is 44.9 Å². The lowest BCUT2D eigenvalue weighted by atomic mass is 9.99. The van der Waals surface area contributed by atoms with Crippen molar-refractivity contribution in [3.8, 4) is 0 Å². The van der Waals surface area contributed by atoms with Gasteiger partial charge in [0, 0.05) is 6.42 Å². The summed E-state index contributed by atoms with van der Waals surface area (Å²) in [5.74, 6) is -0.190. The van der Waals surface area contributed by atoms with Crippen molar-refractivity contribution in [2.24, 2.45) is 0 Å². The lowest BCUT2D eigenvalue weighted by Crippen LogP contribution is -2.60. The summed E-state index contributed by atoms with van der Waals surface area (Å²) in [7, 11) is 0. The summed E-state index contributed by atoms with van der Waals surface area (Å²) in [6, 6.07) is -0.803. The van der Waals surface area contributed by atoms with Crippen molar-refractivity contribution in [1.82, 2.24) is 5.32 Å². The van der Waals surface area contributed by atoms with Gasteiger partial charge in [-0.15, -0.1) is 0 Å². The molecule has 0 saturated carbocycles. The quantitative estimate of drug-likeness (QED) is 0.0381. The first-order valence-electron chi connectivity index (χ1n) is 19.1. The summed E-state index contributed by atoms with van der Waals surface area (Å²) in [6.07, 6.45) is 25.0. The number of rotatable bonds is 30. The number of ether oxygens (including phenoxy) is 2. The molecule has 0 aromatic heterocycles. The van der Waals surface area contributed by atoms with Crippen LogP contribution in [0.15, 0.2) is 24.3 Å². The van der Waals surface area contributed by atoms with Crippen LogP contribution in [0.4, 0.5) is 0 Å². The largest absolute Gasteiger partial charge is 0.394 e. The third kappa shape index (κ3) is 21.4. The zero-order valence-electron chi connectivity index (χ0n) is 29.8. The van der Waals surface area contributed by atoms with Crippen LogP contribution in [-0.4, -0.2) is 87.5 Å². The molecule has 47 heavy (non-hydrogen) atoms. The standard InChI is InChI=1S/C38H71NO8/c1-3-5-7-9-11-13-15-16-17-18-20-22-24-26-28-34(42)39-31(30-46-38-37(45)36(44)35(43)33(29-40)47-38)32(41)27-25-23-21-19-14-12-10-8-6-4-2/h15-16,25,27,31-33,35-38,40-41,43-45H,3-14,17-24,26,28-30H2,1-2H3,(H,39,42)/b16-15-,27-25+. The molecule has 7 atom stereocenters. The molecule has 0 aromatic rings. The van der Waals surface area contributed by atoms with Crippen molar-refractivity contribution in [3.05, 3.63) is 24.3 Å². The molecule has 9 heteroatoms. The number of unbranched alkanes of at least 4 members (excludes halogenated alkanes) is 18. The average molecular weight is 670 g/mol. The first-order valence-corrected chi connectivity index (χ1v) is 19.1. The van der Waals surface area contributed by atoms with Crippen LogP contribution in [-0.2, 0) is 14.3 Å². The van der Waals surface area contributed by atoms with Crippen LogP contribution in [0, 0.1) is 0 Å². The van der Waals surface area contributed by atoms with Gasteiger partial charge < -0.3 is 40.3 Å². The Bertz CT molecular complexity index is 792. The molecule has 1 aliphatic heterocycles. The van der Waals surface area contributed by atoms with Crippen LogP contribution in [0.5, 0.6) is 0 Å². The van der Waals surface area contributed by atoms with E-state index < -0.39 is 49.5 Å². The van der Waals surface area contributed by atoms with E-state index in [9.17, 15) is 30.3 Å². The van der Waals surface area contributed by atoms with Crippen LogP contribution < -0.4 is 5.32 Å². The Balaban J connectivity index is 2.46. The number of nitrogens with one attached hydrogen (secondary N) is 1.